The molecule has 1 fully saturated rings. The summed E-state index contributed by atoms with van der Waals surface area (Å²) in [6, 6.07) is 10.1. The molecule has 1 aromatic heterocycles. The van der Waals surface area contributed by atoms with Crippen molar-refractivity contribution in [3.8, 4) is 0 Å². The van der Waals surface area contributed by atoms with Crippen LogP contribution >= 0.6 is 34.5 Å². The van der Waals surface area contributed by atoms with Gasteiger partial charge in [-0.25, -0.2) is 8.42 Å². The summed E-state index contributed by atoms with van der Waals surface area (Å²) in [6.45, 7) is 1.81. The summed E-state index contributed by atoms with van der Waals surface area (Å²) < 4.78 is 27.3. The van der Waals surface area contributed by atoms with Crippen LogP contribution in [0.1, 0.15) is 0 Å². The summed E-state index contributed by atoms with van der Waals surface area (Å²) in [6.07, 6.45) is 0. The van der Waals surface area contributed by atoms with Crippen molar-refractivity contribution in [2.45, 2.75) is 4.21 Å². The minimum Gasteiger partial charge on any atom is -0.324 e. The smallest absolute Gasteiger partial charge is 0.252 e. The summed E-state index contributed by atoms with van der Waals surface area (Å²) in [5.74, 6) is -0.181. The maximum Gasteiger partial charge on any atom is 0.252 e. The van der Waals surface area contributed by atoms with Crippen molar-refractivity contribution in [1.82, 2.24) is 9.21 Å². The Morgan fingerprint density at radius 1 is 1.08 bits per heavy atom. The van der Waals surface area contributed by atoms with Gasteiger partial charge in [0.05, 0.1) is 21.6 Å². The molecule has 2 aromatic rings. The molecule has 1 amide bonds. The predicted octanol–water partition coefficient (Wildman–Crippen LogP) is 3.00. The van der Waals surface area contributed by atoms with Crippen LogP contribution in [0.4, 0.5) is 5.69 Å². The third kappa shape index (κ3) is 4.57. The Balaban J connectivity index is 1.54. The molecule has 0 bridgehead atoms. The number of benzene rings is 1. The number of hydrogen-bond acceptors (Lipinski definition) is 5. The average Bonchev–Trinajstić information content (AvgIpc) is 3.05. The fourth-order valence-electron chi connectivity index (χ4n) is 2.65. The first-order chi connectivity index (χ1) is 12.4. The van der Waals surface area contributed by atoms with E-state index in [2.05, 4.69) is 5.32 Å². The molecule has 0 unspecified atom stereocenters. The SMILES string of the molecule is O=C(CN1CCN(S(=O)(=O)c2ccc(Cl)s2)CC1)Nc1ccccc1Cl. The number of rotatable bonds is 5. The normalized spacial score (nSPS) is 16.5. The molecule has 1 aliphatic rings. The first-order valence-corrected chi connectivity index (χ1v) is 10.9. The number of piperazine rings is 1. The van der Waals surface area contributed by atoms with Gasteiger partial charge in [-0.15, -0.1) is 11.3 Å². The minimum atomic E-state index is -3.52. The molecule has 10 heteroatoms. The van der Waals surface area contributed by atoms with Gasteiger partial charge in [0.25, 0.3) is 10.0 Å². The van der Waals surface area contributed by atoms with E-state index in [4.69, 9.17) is 23.2 Å². The van der Waals surface area contributed by atoms with E-state index in [9.17, 15) is 13.2 Å². The summed E-state index contributed by atoms with van der Waals surface area (Å²) in [5.41, 5.74) is 0.565. The van der Waals surface area contributed by atoms with Gasteiger partial charge in [-0.05, 0) is 24.3 Å². The molecule has 0 saturated carbocycles. The van der Waals surface area contributed by atoms with Crippen LogP contribution in [-0.4, -0.2) is 56.3 Å². The van der Waals surface area contributed by atoms with Crippen LogP contribution in [0.25, 0.3) is 0 Å². The first kappa shape index (κ1) is 19.6. The Kier molecular flexibility index (Phi) is 6.21. The summed E-state index contributed by atoms with van der Waals surface area (Å²) in [5, 5.41) is 3.25. The van der Waals surface area contributed by atoms with Crippen molar-refractivity contribution >= 4 is 56.2 Å². The van der Waals surface area contributed by atoms with Crippen LogP contribution in [0.2, 0.25) is 9.36 Å². The Bertz CT molecular complexity index is 894. The maximum atomic E-state index is 12.6. The van der Waals surface area contributed by atoms with Crippen LogP contribution in [0.5, 0.6) is 0 Å². The topological polar surface area (TPSA) is 69.7 Å². The molecule has 140 valence electrons. The van der Waals surface area contributed by atoms with Crippen molar-refractivity contribution < 1.29 is 13.2 Å². The van der Waals surface area contributed by atoms with Crippen LogP contribution in [0.3, 0.4) is 0 Å². The lowest BCUT2D eigenvalue weighted by molar-refractivity contribution is -0.117. The monoisotopic (exact) mass is 433 g/mol. The number of para-hydroxylation sites is 1. The third-order valence-electron chi connectivity index (χ3n) is 3.99. The predicted molar refractivity (Wildman–Crippen MR) is 105 cm³/mol. The van der Waals surface area contributed by atoms with Gasteiger partial charge in [0.15, 0.2) is 0 Å². The maximum absolute atomic E-state index is 12.6. The molecule has 2 heterocycles. The van der Waals surface area contributed by atoms with Crippen molar-refractivity contribution in [3.05, 3.63) is 45.8 Å². The largest absolute Gasteiger partial charge is 0.324 e. The summed E-state index contributed by atoms with van der Waals surface area (Å²) in [4.78, 5) is 14.1. The fraction of sp³-hybridized carbons (Fsp3) is 0.312. The molecule has 1 aromatic carbocycles. The number of nitrogens with one attached hydrogen (secondary N) is 1. The van der Waals surface area contributed by atoms with E-state index in [0.717, 1.165) is 11.3 Å². The molecule has 0 aliphatic carbocycles. The zero-order chi connectivity index (χ0) is 18.7. The van der Waals surface area contributed by atoms with Gasteiger partial charge in [-0.3, -0.25) is 9.69 Å². The van der Waals surface area contributed by atoms with Crippen molar-refractivity contribution in [3.63, 3.8) is 0 Å². The highest BCUT2D eigenvalue weighted by Gasteiger charge is 2.30. The second-order valence-electron chi connectivity index (χ2n) is 5.77. The number of sulfonamides is 1. The van der Waals surface area contributed by atoms with E-state index in [1.807, 2.05) is 4.90 Å². The highest BCUT2D eigenvalue weighted by Crippen LogP contribution is 2.28. The zero-order valence-corrected chi connectivity index (χ0v) is 16.8. The Hall–Kier alpha value is -1.16. The molecule has 1 N–H and O–H groups in total. The molecule has 3 rings (SSSR count). The van der Waals surface area contributed by atoms with Crippen molar-refractivity contribution in [2.24, 2.45) is 0 Å². The number of carbonyl (C=O) groups is 1. The highest BCUT2D eigenvalue weighted by molar-refractivity contribution is 7.91. The van der Waals surface area contributed by atoms with Gasteiger partial charge < -0.3 is 5.32 Å². The molecule has 0 atom stereocenters. The molecule has 0 spiro atoms. The standard InChI is InChI=1S/C16H17Cl2N3O3S2/c17-12-3-1-2-4-13(12)19-15(22)11-20-7-9-21(10-8-20)26(23,24)16-6-5-14(18)25-16/h1-6H,7-11H2,(H,19,22). The second kappa shape index (κ2) is 8.24. The van der Waals surface area contributed by atoms with Crippen molar-refractivity contribution in [1.29, 1.82) is 0 Å². The number of thiophene rings is 1. The zero-order valence-electron chi connectivity index (χ0n) is 13.7. The number of amides is 1. The quantitative estimate of drug-likeness (QED) is 0.786. The van der Waals surface area contributed by atoms with Gasteiger partial charge in [0.2, 0.25) is 5.91 Å². The molecule has 1 aliphatic heterocycles. The fourth-order valence-corrected chi connectivity index (χ4v) is 5.89. The third-order valence-corrected chi connectivity index (χ3v) is 7.92. The lowest BCUT2D eigenvalue weighted by atomic mass is 10.3. The Morgan fingerprint density at radius 2 is 1.77 bits per heavy atom. The first-order valence-electron chi connectivity index (χ1n) is 7.88. The van der Waals surface area contributed by atoms with Gasteiger partial charge in [-0.2, -0.15) is 4.31 Å². The van der Waals surface area contributed by atoms with E-state index >= 15 is 0 Å². The minimum absolute atomic E-state index is 0.181. The van der Waals surface area contributed by atoms with Gasteiger partial charge in [0.1, 0.15) is 4.21 Å². The number of nitrogens with zero attached hydrogens (tertiary/aromatic N) is 2. The number of carbonyl (C=O) groups excluding carboxylic acids is 1. The lowest BCUT2D eigenvalue weighted by Gasteiger charge is -2.33. The van der Waals surface area contributed by atoms with Crippen LogP contribution in [0, 0.1) is 0 Å². The number of anilines is 1. The van der Waals surface area contributed by atoms with Crippen LogP contribution in [0.15, 0.2) is 40.6 Å². The Labute approximate surface area is 166 Å². The summed E-state index contributed by atoms with van der Waals surface area (Å²) >= 11 is 12.9. The van der Waals surface area contributed by atoms with E-state index in [0.29, 0.717) is 41.2 Å². The second-order valence-corrected chi connectivity index (χ2v) is 10.1. The Morgan fingerprint density at radius 3 is 2.38 bits per heavy atom. The highest BCUT2D eigenvalue weighted by atomic mass is 35.5. The average molecular weight is 434 g/mol. The molecule has 0 radical (unpaired) electrons. The van der Waals surface area contributed by atoms with Crippen LogP contribution in [-0.2, 0) is 14.8 Å². The molecule has 6 nitrogen and oxygen atoms in total. The molecule has 26 heavy (non-hydrogen) atoms. The number of halogens is 2. The van der Waals surface area contributed by atoms with E-state index < -0.39 is 10.0 Å². The van der Waals surface area contributed by atoms with Crippen LogP contribution < -0.4 is 5.32 Å². The number of hydrogen-bond donors (Lipinski definition) is 1. The molecular formula is C16H17Cl2N3O3S2. The van der Waals surface area contributed by atoms with Gasteiger partial charge in [0, 0.05) is 26.2 Å². The van der Waals surface area contributed by atoms with Gasteiger partial charge in [-0.1, -0.05) is 35.3 Å². The van der Waals surface area contributed by atoms with Crippen molar-refractivity contribution in [2.75, 3.05) is 38.0 Å². The summed E-state index contributed by atoms with van der Waals surface area (Å²) in [7, 11) is -3.52. The lowest BCUT2D eigenvalue weighted by Crippen LogP contribution is -2.50. The van der Waals surface area contributed by atoms with E-state index in [-0.39, 0.29) is 16.7 Å². The molecular weight excluding hydrogens is 417 g/mol. The molecule has 1 saturated heterocycles. The van der Waals surface area contributed by atoms with Gasteiger partial charge >= 0.3 is 0 Å². The van der Waals surface area contributed by atoms with E-state index in [1.54, 1.807) is 30.3 Å². The van der Waals surface area contributed by atoms with E-state index in [1.165, 1.54) is 10.4 Å².